The molecule has 1 aromatic rings. The third kappa shape index (κ3) is 3.43. The molecule has 1 aliphatic rings. The second kappa shape index (κ2) is 6.16. The summed E-state index contributed by atoms with van der Waals surface area (Å²) in [6.07, 6.45) is 3.10. The van der Waals surface area contributed by atoms with E-state index in [0.717, 1.165) is 26.1 Å². The number of nitrogens with zero attached hydrogens (tertiary/aromatic N) is 1. The molecule has 0 bridgehead atoms. The van der Waals surface area contributed by atoms with Crippen molar-refractivity contribution in [3.63, 3.8) is 0 Å². The van der Waals surface area contributed by atoms with Gasteiger partial charge in [-0.25, -0.2) is 0 Å². The molecule has 0 aliphatic carbocycles. The van der Waals surface area contributed by atoms with Crippen LogP contribution in [0.5, 0.6) is 0 Å². The molecule has 1 aromatic heterocycles. The Morgan fingerprint density at radius 3 is 3.17 bits per heavy atom. The largest absolute Gasteiger partial charge is 0.337 e. The maximum absolute atomic E-state index is 12.0. The molecule has 3 nitrogen and oxygen atoms in total. The summed E-state index contributed by atoms with van der Waals surface area (Å²) in [5, 5.41) is 5.28. The number of allylic oxidation sites excluding steroid dienone is 1. The average molecular weight is 264 g/mol. The van der Waals surface area contributed by atoms with Gasteiger partial charge in [-0.2, -0.15) is 0 Å². The minimum absolute atomic E-state index is 0.203. The van der Waals surface area contributed by atoms with E-state index in [9.17, 15) is 4.79 Å². The van der Waals surface area contributed by atoms with Gasteiger partial charge in [0.1, 0.15) is 0 Å². The van der Waals surface area contributed by atoms with Crippen molar-refractivity contribution in [3.05, 3.63) is 33.5 Å². The molecule has 0 saturated heterocycles. The second-order valence-electron chi connectivity index (χ2n) is 4.85. The van der Waals surface area contributed by atoms with Gasteiger partial charge >= 0.3 is 0 Å². The maximum atomic E-state index is 12.0. The van der Waals surface area contributed by atoms with Crippen molar-refractivity contribution < 1.29 is 4.79 Å². The fraction of sp³-hybridized carbons (Fsp3) is 0.500. The number of nitrogens with one attached hydrogen (secondary N) is 1. The molecule has 1 amide bonds. The molecule has 1 aliphatic heterocycles. The second-order valence-corrected chi connectivity index (χ2v) is 5.85. The summed E-state index contributed by atoms with van der Waals surface area (Å²) in [5.74, 6) is 0.203. The van der Waals surface area contributed by atoms with E-state index in [1.165, 1.54) is 16.0 Å². The van der Waals surface area contributed by atoms with E-state index in [1.54, 1.807) is 11.3 Å². The molecule has 2 heterocycles. The van der Waals surface area contributed by atoms with Crippen molar-refractivity contribution in [2.45, 2.75) is 26.8 Å². The number of carbonyl (C=O) groups excluding carboxylic acids is 1. The highest BCUT2D eigenvalue weighted by Gasteiger charge is 2.20. The van der Waals surface area contributed by atoms with Crippen LogP contribution < -0.4 is 5.32 Å². The highest BCUT2D eigenvalue weighted by Crippen LogP contribution is 2.23. The van der Waals surface area contributed by atoms with Crippen molar-refractivity contribution in [1.82, 2.24) is 10.2 Å². The predicted octanol–water partition coefficient (Wildman–Crippen LogP) is 2.19. The molecule has 0 radical (unpaired) electrons. The molecule has 0 aromatic carbocycles. The molecule has 0 saturated carbocycles. The molecule has 2 rings (SSSR count). The Bertz CT molecular complexity index is 446. The zero-order chi connectivity index (χ0) is 13.0. The quantitative estimate of drug-likeness (QED) is 0.668. The first-order valence-corrected chi connectivity index (χ1v) is 7.22. The highest BCUT2D eigenvalue weighted by molar-refractivity contribution is 7.10. The number of fused-ring (bicyclic) bond motifs is 1. The summed E-state index contributed by atoms with van der Waals surface area (Å²) >= 11 is 1.80. The summed E-state index contributed by atoms with van der Waals surface area (Å²) in [5.41, 5.74) is 2.60. The predicted molar refractivity (Wildman–Crippen MR) is 75.7 cm³/mol. The fourth-order valence-corrected chi connectivity index (χ4v) is 2.92. The van der Waals surface area contributed by atoms with Crippen LogP contribution in [-0.4, -0.2) is 30.4 Å². The van der Waals surface area contributed by atoms with E-state index < -0.39 is 0 Å². The van der Waals surface area contributed by atoms with Gasteiger partial charge in [0.15, 0.2) is 0 Å². The molecule has 0 spiro atoms. The van der Waals surface area contributed by atoms with Crippen LogP contribution in [0.1, 0.15) is 24.3 Å². The lowest BCUT2D eigenvalue weighted by molar-refractivity contribution is -0.131. The minimum atomic E-state index is 0.203. The molecule has 18 heavy (non-hydrogen) atoms. The standard InChI is InChI=1S/C14H20N2OS/c1-11(2)3-6-15-9-14(17)16-7-4-13-12(10-16)5-8-18-13/h3,5,8,15H,4,6-7,9-10H2,1-2H3. The molecular weight excluding hydrogens is 244 g/mol. The number of hydrogen-bond donors (Lipinski definition) is 1. The normalized spacial score (nSPS) is 14.2. The zero-order valence-corrected chi connectivity index (χ0v) is 11.8. The Morgan fingerprint density at radius 2 is 2.39 bits per heavy atom. The van der Waals surface area contributed by atoms with E-state index in [0.29, 0.717) is 6.54 Å². The van der Waals surface area contributed by atoms with Gasteiger partial charge in [-0.1, -0.05) is 11.6 Å². The number of hydrogen-bond acceptors (Lipinski definition) is 3. The van der Waals surface area contributed by atoms with Gasteiger partial charge in [0, 0.05) is 24.5 Å². The van der Waals surface area contributed by atoms with E-state index >= 15 is 0 Å². The van der Waals surface area contributed by atoms with Gasteiger partial charge in [0.25, 0.3) is 0 Å². The monoisotopic (exact) mass is 264 g/mol. The Hall–Kier alpha value is -1.13. The molecule has 0 atom stereocenters. The van der Waals surface area contributed by atoms with Gasteiger partial charge in [-0.3, -0.25) is 4.79 Å². The van der Waals surface area contributed by atoms with Crippen LogP contribution in [0.25, 0.3) is 0 Å². The van der Waals surface area contributed by atoms with E-state index in [4.69, 9.17) is 0 Å². The molecule has 0 unspecified atom stereocenters. The van der Waals surface area contributed by atoms with Crippen LogP contribution in [0.15, 0.2) is 23.1 Å². The highest BCUT2D eigenvalue weighted by atomic mass is 32.1. The van der Waals surface area contributed by atoms with Crippen molar-refractivity contribution in [2.24, 2.45) is 0 Å². The summed E-state index contributed by atoms with van der Waals surface area (Å²) < 4.78 is 0. The van der Waals surface area contributed by atoms with Crippen LogP contribution in [0, 0.1) is 0 Å². The van der Waals surface area contributed by atoms with Gasteiger partial charge in [0.05, 0.1) is 6.54 Å². The lowest BCUT2D eigenvalue weighted by Crippen LogP contribution is -2.40. The van der Waals surface area contributed by atoms with E-state index in [-0.39, 0.29) is 5.91 Å². The summed E-state index contributed by atoms with van der Waals surface area (Å²) in [4.78, 5) is 15.4. The van der Waals surface area contributed by atoms with Crippen LogP contribution in [-0.2, 0) is 17.8 Å². The fourth-order valence-electron chi connectivity index (χ4n) is 2.03. The van der Waals surface area contributed by atoms with Crippen molar-refractivity contribution in [2.75, 3.05) is 19.6 Å². The SMILES string of the molecule is CC(C)=CCNCC(=O)N1CCc2sccc2C1. The molecule has 98 valence electrons. The Balaban J connectivity index is 1.79. The van der Waals surface area contributed by atoms with Gasteiger partial charge in [-0.05, 0) is 37.3 Å². The number of thiophene rings is 1. The van der Waals surface area contributed by atoms with Gasteiger partial charge in [-0.15, -0.1) is 11.3 Å². The number of rotatable bonds is 4. The Labute approximate surface area is 112 Å². The van der Waals surface area contributed by atoms with E-state index in [1.807, 2.05) is 4.90 Å². The maximum Gasteiger partial charge on any atom is 0.236 e. The first kappa shape index (κ1) is 13.3. The van der Waals surface area contributed by atoms with Crippen molar-refractivity contribution >= 4 is 17.2 Å². The van der Waals surface area contributed by atoms with E-state index in [2.05, 4.69) is 36.7 Å². The minimum Gasteiger partial charge on any atom is -0.337 e. The zero-order valence-electron chi connectivity index (χ0n) is 11.0. The van der Waals surface area contributed by atoms with Gasteiger partial charge in [0.2, 0.25) is 5.91 Å². The van der Waals surface area contributed by atoms with Gasteiger partial charge < -0.3 is 10.2 Å². The van der Waals surface area contributed by atoms with Crippen LogP contribution >= 0.6 is 11.3 Å². The van der Waals surface area contributed by atoms with Crippen molar-refractivity contribution in [1.29, 1.82) is 0 Å². The van der Waals surface area contributed by atoms with Crippen LogP contribution in [0.3, 0.4) is 0 Å². The number of carbonyl (C=O) groups is 1. The van der Waals surface area contributed by atoms with Crippen LogP contribution in [0.2, 0.25) is 0 Å². The first-order chi connectivity index (χ1) is 8.66. The lowest BCUT2D eigenvalue weighted by Gasteiger charge is -2.27. The topological polar surface area (TPSA) is 32.3 Å². The Morgan fingerprint density at radius 1 is 1.56 bits per heavy atom. The third-order valence-corrected chi connectivity index (χ3v) is 4.11. The summed E-state index contributed by atoms with van der Waals surface area (Å²) in [6.45, 7) is 6.96. The van der Waals surface area contributed by atoms with Crippen molar-refractivity contribution in [3.8, 4) is 0 Å². The average Bonchev–Trinajstić information content (AvgIpc) is 2.81. The number of amides is 1. The smallest absolute Gasteiger partial charge is 0.236 e. The third-order valence-electron chi connectivity index (χ3n) is 3.09. The molecule has 1 N–H and O–H groups in total. The molecule has 4 heteroatoms. The lowest BCUT2D eigenvalue weighted by atomic mass is 10.1. The summed E-state index contributed by atoms with van der Waals surface area (Å²) in [6, 6.07) is 2.13. The molecule has 0 fully saturated rings. The van der Waals surface area contributed by atoms with Crippen LogP contribution in [0.4, 0.5) is 0 Å². The summed E-state index contributed by atoms with van der Waals surface area (Å²) in [7, 11) is 0. The molecular formula is C14H20N2OS. The first-order valence-electron chi connectivity index (χ1n) is 6.34. The Kier molecular flexibility index (Phi) is 4.55.